The third kappa shape index (κ3) is 4.01. The molecule has 0 fully saturated rings. The number of anilines is 1. The molecule has 1 aromatic rings. The molecular formula is C8H9ClN4OS. The average molecular weight is 245 g/mol. The minimum absolute atomic E-state index is 0.0238. The monoisotopic (exact) mass is 244 g/mol. The normalized spacial score (nSPS) is 9.13. The van der Waals surface area contributed by atoms with Gasteiger partial charge in [0.15, 0.2) is 5.11 Å². The maximum atomic E-state index is 11.2. The highest BCUT2D eigenvalue weighted by molar-refractivity contribution is 7.80. The van der Waals surface area contributed by atoms with Crippen LogP contribution in [0.3, 0.4) is 0 Å². The second-order valence-corrected chi connectivity index (χ2v) is 3.40. The average Bonchev–Trinajstić information content (AvgIpc) is 2.18. The lowest BCUT2D eigenvalue weighted by Gasteiger charge is -2.09. The van der Waals surface area contributed by atoms with Crippen molar-refractivity contribution in [1.29, 1.82) is 0 Å². The molecule has 0 unspecified atom stereocenters. The van der Waals surface area contributed by atoms with E-state index in [0.29, 0.717) is 10.7 Å². The molecule has 5 N–H and O–H groups in total. The molecule has 0 heterocycles. The number of para-hydroxylation sites is 1. The molecule has 7 heteroatoms. The number of halogens is 1. The smallest absolute Gasteiger partial charge is 0.337 e. The molecule has 0 saturated heterocycles. The van der Waals surface area contributed by atoms with Crippen LogP contribution in [0.5, 0.6) is 0 Å². The van der Waals surface area contributed by atoms with Gasteiger partial charge in [-0.3, -0.25) is 5.43 Å². The van der Waals surface area contributed by atoms with Gasteiger partial charge < -0.3 is 11.1 Å². The highest BCUT2D eigenvalue weighted by Crippen LogP contribution is 2.19. The van der Waals surface area contributed by atoms with Gasteiger partial charge >= 0.3 is 6.03 Å². The van der Waals surface area contributed by atoms with Crippen LogP contribution in [0.25, 0.3) is 0 Å². The Bertz CT molecular complexity index is 385. The summed E-state index contributed by atoms with van der Waals surface area (Å²) in [5.74, 6) is 0. The molecule has 15 heavy (non-hydrogen) atoms. The molecule has 0 atom stereocenters. The van der Waals surface area contributed by atoms with Gasteiger partial charge in [0, 0.05) is 0 Å². The van der Waals surface area contributed by atoms with Gasteiger partial charge in [-0.25, -0.2) is 10.2 Å². The number of carbonyl (C=O) groups excluding carboxylic acids is 1. The fourth-order valence-corrected chi connectivity index (χ4v) is 1.07. The molecule has 0 aliphatic rings. The first-order chi connectivity index (χ1) is 7.09. The van der Waals surface area contributed by atoms with E-state index in [4.69, 9.17) is 17.3 Å². The molecule has 1 rings (SSSR count). The number of rotatable bonds is 1. The Morgan fingerprint density at radius 3 is 2.60 bits per heavy atom. The van der Waals surface area contributed by atoms with E-state index in [0.717, 1.165) is 0 Å². The minimum Gasteiger partial charge on any atom is -0.375 e. The SMILES string of the molecule is NC(=S)NNC(=O)Nc1ccccc1Cl. The first-order valence-electron chi connectivity index (χ1n) is 3.96. The maximum absolute atomic E-state index is 11.2. The molecule has 0 radical (unpaired) electrons. The first kappa shape index (κ1) is 11.5. The van der Waals surface area contributed by atoms with E-state index >= 15 is 0 Å². The molecular weight excluding hydrogens is 236 g/mol. The second kappa shape index (κ2) is 5.38. The van der Waals surface area contributed by atoms with Crippen LogP contribution in [0.4, 0.5) is 10.5 Å². The van der Waals surface area contributed by atoms with Crippen LogP contribution < -0.4 is 21.9 Å². The quantitative estimate of drug-likeness (QED) is 0.442. The molecule has 0 aromatic heterocycles. The first-order valence-corrected chi connectivity index (χ1v) is 4.75. The Balaban J connectivity index is 2.52. The Labute approximate surface area is 96.9 Å². The number of carbonyl (C=O) groups is 1. The van der Waals surface area contributed by atoms with Gasteiger partial charge in [0.25, 0.3) is 0 Å². The summed E-state index contributed by atoms with van der Waals surface area (Å²) in [6, 6.07) is 6.35. The van der Waals surface area contributed by atoms with Gasteiger partial charge in [0.2, 0.25) is 0 Å². The van der Waals surface area contributed by atoms with Crippen molar-refractivity contribution in [2.75, 3.05) is 5.32 Å². The van der Waals surface area contributed by atoms with Crippen molar-refractivity contribution in [3.8, 4) is 0 Å². The molecule has 0 saturated carbocycles. The zero-order valence-electron chi connectivity index (χ0n) is 7.58. The van der Waals surface area contributed by atoms with Crippen LogP contribution in [0.2, 0.25) is 5.02 Å². The third-order valence-corrected chi connectivity index (χ3v) is 1.85. The number of amides is 2. The number of urea groups is 1. The van der Waals surface area contributed by atoms with E-state index in [1.165, 1.54) is 0 Å². The summed E-state index contributed by atoms with van der Waals surface area (Å²) in [6.07, 6.45) is 0. The van der Waals surface area contributed by atoms with Crippen molar-refractivity contribution in [2.24, 2.45) is 5.73 Å². The van der Waals surface area contributed by atoms with E-state index in [9.17, 15) is 4.79 Å². The number of nitrogens with two attached hydrogens (primary N) is 1. The lowest BCUT2D eigenvalue weighted by Crippen LogP contribution is -2.46. The van der Waals surface area contributed by atoms with Gasteiger partial charge in [-0.05, 0) is 24.4 Å². The van der Waals surface area contributed by atoms with Gasteiger partial charge in [0.05, 0.1) is 10.7 Å². The number of thiocarbonyl (C=S) groups is 1. The van der Waals surface area contributed by atoms with Gasteiger partial charge in [0.1, 0.15) is 0 Å². The predicted molar refractivity (Wildman–Crippen MR) is 63.5 cm³/mol. The second-order valence-electron chi connectivity index (χ2n) is 2.55. The number of benzene rings is 1. The topological polar surface area (TPSA) is 79.2 Å². The molecule has 5 nitrogen and oxygen atoms in total. The Morgan fingerprint density at radius 1 is 1.33 bits per heavy atom. The summed E-state index contributed by atoms with van der Waals surface area (Å²) >= 11 is 10.3. The molecule has 2 amide bonds. The van der Waals surface area contributed by atoms with Crippen LogP contribution in [-0.4, -0.2) is 11.1 Å². The van der Waals surface area contributed by atoms with Crippen LogP contribution in [0.1, 0.15) is 0 Å². The zero-order chi connectivity index (χ0) is 11.3. The molecule has 0 aliphatic heterocycles. The van der Waals surface area contributed by atoms with Crippen molar-refractivity contribution in [1.82, 2.24) is 10.9 Å². The zero-order valence-corrected chi connectivity index (χ0v) is 9.15. The third-order valence-electron chi connectivity index (χ3n) is 1.42. The molecule has 0 aliphatic carbocycles. The summed E-state index contributed by atoms with van der Waals surface area (Å²) in [5, 5.41) is 2.93. The fourth-order valence-electron chi connectivity index (χ4n) is 0.835. The highest BCUT2D eigenvalue weighted by Gasteiger charge is 2.03. The van der Waals surface area contributed by atoms with Crippen molar-refractivity contribution in [3.05, 3.63) is 29.3 Å². The van der Waals surface area contributed by atoms with Crippen LogP contribution in [0.15, 0.2) is 24.3 Å². The summed E-state index contributed by atoms with van der Waals surface area (Å²) in [6.45, 7) is 0. The van der Waals surface area contributed by atoms with E-state index in [2.05, 4.69) is 28.4 Å². The summed E-state index contributed by atoms with van der Waals surface area (Å²) in [5.41, 5.74) is 10.1. The Morgan fingerprint density at radius 2 is 2.00 bits per heavy atom. The summed E-state index contributed by atoms with van der Waals surface area (Å²) in [7, 11) is 0. The molecule has 0 spiro atoms. The van der Waals surface area contributed by atoms with Gasteiger partial charge in [-0.15, -0.1) is 0 Å². The maximum Gasteiger partial charge on any atom is 0.337 e. The highest BCUT2D eigenvalue weighted by atomic mass is 35.5. The minimum atomic E-state index is -0.504. The summed E-state index contributed by atoms with van der Waals surface area (Å²) in [4.78, 5) is 11.2. The van der Waals surface area contributed by atoms with Crippen LogP contribution in [0, 0.1) is 0 Å². The van der Waals surface area contributed by atoms with E-state index in [1.54, 1.807) is 24.3 Å². The van der Waals surface area contributed by atoms with Crippen molar-refractivity contribution >= 4 is 40.6 Å². The standard InChI is InChI=1S/C8H9ClN4OS/c9-5-3-1-2-4-6(5)11-8(14)13-12-7(10)15/h1-4H,(H3,10,12,15)(H2,11,13,14). The lowest BCUT2D eigenvalue weighted by atomic mass is 10.3. The van der Waals surface area contributed by atoms with Gasteiger partial charge in [-0.1, -0.05) is 23.7 Å². The van der Waals surface area contributed by atoms with E-state index < -0.39 is 6.03 Å². The number of hydrogen-bond acceptors (Lipinski definition) is 2. The van der Waals surface area contributed by atoms with Crippen molar-refractivity contribution in [3.63, 3.8) is 0 Å². The molecule has 80 valence electrons. The van der Waals surface area contributed by atoms with Crippen molar-refractivity contribution < 1.29 is 4.79 Å². The number of hydrazine groups is 1. The predicted octanol–water partition coefficient (Wildman–Crippen LogP) is 1.21. The molecule has 0 bridgehead atoms. The largest absolute Gasteiger partial charge is 0.375 e. The summed E-state index contributed by atoms with van der Waals surface area (Å²) < 4.78 is 0. The molecule has 1 aromatic carbocycles. The van der Waals surface area contributed by atoms with Crippen LogP contribution in [-0.2, 0) is 0 Å². The number of nitrogens with one attached hydrogen (secondary N) is 3. The van der Waals surface area contributed by atoms with Crippen molar-refractivity contribution in [2.45, 2.75) is 0 Å². The van der Waals surface area contributed by atoms with E-state index in [1.807, 2.05) is 0 Å². The fraction of sp³-hybridized carbons (Fsp3) is 0. The van der Waals surface area contributed by atoms with E-state index in [-0.39, 0.29) is 5.11 Å². The number of hydrogen-bond donors (Lipinski definition) is 4. The van der Waals surface area contributed by atoms with Gasteiger partial charge in [-0.2, -0.15) is 0 Å². The Hall–Kier alpha value is -1.53. The van der Waals surface area contributed by atoms with Crippen LogP contribution >= 0.6 is 23.8 Å². The lowest BCUT2D eigenvalue weighted by molar-refractivity contribution is 0.250. The Kier molecular flexibility index (Phi) is 4.14.